The molecule has 11 heavy (non-hydrogen) atoms. The van der Waals surface area contributed by atoms with Gasteiger partial charge in [0.05, 0.1) is 13.2 Å². The summed E-state index contributed by atoms with van der Waals surface area (Å²) in [5.74, 6) is 0. The van der Waals surface area contributed by atoms with Crippen LogP contribution in [-0.2, 0) is 21.7 Å². The number of aliphatic hydroxyl groups is 3. The molecule has 8 heteroatoms. The van der Waals surface area contributed by atoms with Crippen molar-refractivity contribution >= 4 is 0 Å². The maximum atomic E-state index is 8.17. The van der Waals surface area contributed by atoms with E-state index in [2.05, 4.69) is 0 Å². The molecule has 0 amide bonds. The Hall–Kier alpha value is 1.75. The predicted molar refractivity (Wildman–Crippen MR) is 20.2 cm³/mol. The molecule has 0 atom stereocenters. The van der Waals surface area contributed by atoms with Gasteiger partial charge in [0.25, 0.3) is 0 Å². The van der Waals surface area contributed by atoms with E-state index in [0.717, 1.165) is 0 Å². The third-order valence-electron chi connectivity index (χ3n) is 0.421. The Morgan fingerprint density at radius 1 is 0.818 bits per heavy atom. The third-order valence-corrected chi connectivity index (χ3v) is 0.421. The van der Waals surface area contributed by atoms with Crippen LogP contribution in [0.15, 0.2) is 0 Å². The first-order valence-electron chi connectivity index (χ1n) is 1.71. The van der Waals surface area contributed by atoms with E-state index in [1.807, 2.05) is 0 Å². The minimum Gasteiger partial charge on any atom is -1.00 e. The van der Waals surface area contributed by atoms with Crippen LogP contribution in [0.4, 0.5) is 0 Å². The Morgan fingerprint density at radius 2 is 1.00 bits per heavy atom. The van der Waals surface area contributed by atoms with E-state index in [4.69, 9.17) is 15.3 Å². The molecular formula is C3H8Cl4O3Ti. The summed E-state index contributed by atoms with van der Waals surface area (Å²) in [4.78, 5) is 0. The molecule has 0 unspecified atom stereocenters. The van der Waals surface area contributed by atoms with Crippen molar-refractivity contribution in [3.05, 3.63) is 0 Å². The Kier molecular flexibility index (Phi) is 105. The maximum Gasteiger partial charge on any atom is 4.00 e. The standard InChI is InChI=1S/C3H8O3.4ClH.Ti/c4-1-3(6)2-5;;;;;/h3-6H,1-2H2;4*1H;/q;;;;;+4/p-4. The molecule has 0 saturated carbocycles. The van der Waals surface area contributed by atoms with Crippen molar-refractivity contribution in [3.8, 4) is 0 Å². The minimum absolute atomic E-state index is 0. The molecule has 0 aromatic heterocycles. The van der Waals surface area contributed by atoms with E-state index in [1.165, 1.54) is 0 Å². The van der Waals surface area contributed by atoms with E-state index in [1.54, 1.807) is 0 Å². The van der Waals surface area contributed by atoms with Crippen molar-refractivity contribution < 1.29 is 86.7 Å². The average Bonchev–Trinajstić information content (AvgIpc) is 1.65. The molecule has 0 spiro atoms. The second-order valence-corrected chi connectivity index (χ2v) is 1.02. The molecule has 0 saturated heterocycles. The van der Waals surface area contributed by atoms with Gasteiger partial charge in [0.15, 0.2) is 0 Å². The first kappa shape index (κ1) is 38.6. The van der Waals surface area contributed by atoms with Gasteiger partial charge in [-0.05, 0) is 0 Å². The topological polar surface area (TPSA) is 60.7 Å². The number of hydrogen-bond acceptors (Lipinski definition) is 3. The molecule has 3 nitrogen and oxygen atoms in total. The van der Waals surface area contributed by atoms with Crippen molar-refractivity contribution in [3.63, 3.8) is 0 Å². The van der Waals surface area contributed by atoms with Crippen molar-refractivity contribution in [2.75, 3.05) is 13.2 Å². The van der Waals surface area contributed by atoms with Crippen molar-refractivity contribution in [1.82, 2.24) is 0 Å². The maximum absolute atomic E-state index is 8.17. The van der Waals surface area contributed by atoms with Crippen LogP contribution >= 0.6 is 0 Å². The largest absolute Gasteiger partial charge is 4.00 e. The van der Waals surface area contributed by atoms with Crippen LogP contribution in [0.3, 0.4) is 0 Å². The zero-order valence-electron chi connectivity index (χ0n) is 5.35. The van der Waals surface area contributed by atoms with Crippen molar-refractivity contribution in [1.29, 1.82) is 0 Å². The van der Waals surface area contributed by atoms with E-state index in [-0.39, 0.29) is 84.6 Å². The monoisotopic (exact) mass is 280 g/mol. The Balaban J connectivity index is -0.0000000125. The number of halogens is 4. The molecule has 3 N–H and O–H groups in total. The molecule has 70 valence electrons. The summed E-state index contributed by atoms with van der Waals surface area (Å²) in [6.45, 7) is -0.729. The molecule has 0 aromatic rings. The summed E-state index contributed by atoms with van der Waals surface area (Å²) in [7, 11) is 0. The Morgan fingerprint density at radius 3 is 1.00 bits per heavy atom. The third kappa shape index (κ3) is 33.8. The van der Waals surface area contributed by atoms with E-state index >= 15 is 0 Å². The van der Waals surface area contributed by atoms with Gasteiger partial charge >= 0.3 is 21.7 Å². The molecule has 0 fully saturated rings. The zero-order valence-corrected chi connectivity index (χ0v) is 9.93. The van der Waals surface area contributed by atoms with Crippen LogP contribution in [0.25, 0.3) is 0 Å². The van der Waals surface area contributed by atoms with E-state index in [9.17, 15) is 0 Å². The van der Waals surface area contributed by atoms with Gasteiger partial charge in [-0.15, -0.1) is 0 Å². The molecule has 0 bridgehead atoms. The van der Waals surface area contributed by atoms with Crippen LogP contribution in [0.2, 0.25) is 0 Å². The van der Waals surface area contributed by atoms with Gasteiger partial charge in [0.1, 0.15) is 6.10 Å². The molecule has 0 aliphatic rings. The normalized spacial score (nSPS) is 5.45. The van der Waals surface area contributed by atoms with Gasteiger partial charge in [0, 0.05) is 0 Å². The summed E-state index contributed by atoms with van der Waals surface area (Å²) < 4.78 is 0. The fraction of sp³-hybridized carbons (Fsp3) is 1.00. The fourth-order valence-electron chi connectivity index (χ4n) is 0.0577. The average molecular weight is 282 g/mol. The molecule has 0 radical (unpaired) electrons. The summed E-state index contributed by atoms with van der Waals surface area (Å²) in [6.07, 6.45) is -0.954. The van der Waals surface area contributed by atoms with Crippen LogP contribution in [-0.4, -0.2) is 34.6 Å². The Bertz CT molecular complexity index is 39.8. The van der Waals surface area contributed by atoms with E-state index in [0.29, 0.717) is 0 Å². The molecule has 0 aliphatic carbocycles. The quantitative estimate of drug-likeness (QED) is 0.441. The molecule has 0 heterocycles. The summed E-state index contributed by atoms with van der Waals surface area (Å²) >= 11 is 0. The SMILES string of the molecule is OCC(O)CO.[Cl-].[Cl-].[Cl-].[Cl-].[Ti+4]. The summed E-state index contributed by atoms with van der Waals surface area (Å²) in [5.41, 5.74) is 0. The molecule has 0 aliphatic heterocycles. The first-order chi connectivity index (χ1) is 2.81. The van der Waals surface area contributed by atoms with E-state index < -0.39 is 6.10 Å². The second kappa shape index (κ2) is 29.8. The number of rotatable bonds is 2. The van der Waals surface area contributed by atoms with Gasteiger partial charge in [-0.2, -0.15) is 0 Å². The van der Waals surface area contributed by atoms with Gasteiger partial charge in [-0.25, -0.2) is 0 Å². The number of hydrogen-bond donors (Lipinski definition) is 3. The minimum atomic E-state index is -0.954. The van der Waals surface area contributed by atoms with Crippen LogP contribution in [0.5, 0.6) is 0 Å². The zero-order chi connectivity index (χ0) is 4.99. The van der Waals surface area contributed by atoms with Crippen molar-refractivity contribution in [2.45, 2.75) is 6.10 Å². The van der Waals surface area contributed by atoms with Crippen LogP contribution < -0.4 is 49.6 Å². The van der Waals surface area contributed by atoms with Gasteiger partial charge in [0.2, 0.25) is 0 Å². The molecule has 0 rings (SSSR count). The first-order valence-corrected chi connectivity index (χ1v) is 1.71. The van der Waals surface area contributed by atoms with Gasteiger partial charge in [-0.3, -0.25) is 0 Å². The Labute approximate surface area is 105 Å². The van der Waals surface area contributed by atoms with Crippen LogP contribution in [0, 0.1) is 0 Å². The summed E-state index contributed by atoms with van der Waals surface area (Å²) in [6, 6.07) is 0. The van der Waals surface area contributed by atoms with Gasteiger partial charge < -0.3 is 64.9 Å². The van der Waals surface area contributed by atoms with Crippen molar-refractivity contribution in [2.24, 2.45) is 0 Å². The predicted octanol–water partition coefficient (Wildman–Crippen LogP) is -13.7. The molecular weight excluding hydrogens is 274 g/mol. The summed E-state index contributed by atoms with van der Waals surface area (Å²) in [5, 5.41) is 24.0. The smallest absolute Gasteiger partial charge is 1.00 e. The number of aliphatic hydroxyl groups excluding tert-OH is 3. The molecule has 0 aromatic carbocycles. The van der Waals surface area contributed by atoms with Crippen LogP contribution in [0.1, 0.15) is 0 Å². The van der Waals surface area contributed by atoms with Gasteiger partial charge in [-0.1, -0.05) is 0 Å². The second-order valence-electron chi connectivity index (χ2n) is 1.02. The fourth-order valence-corrected chi connectivity index (χ4v) is 0.0577.